The van der Waals surface area contributed by atoms with Crippen molar-refractivity contribution in [1.82, 2.24) is 9.80 Å². The molecule has 0 radical (unpaired) electrons. The minimum Gasteiger partial charge on any atom is -0.373 e. The summed E-state index contributed by atoms with van der Waals surface area (Å²) >= 11 is 0. The molecule has 1 atom stereocenters. The van der Waals surface area contributed by atoms with Crippen LogP contribution >= 0.6 is 0 Å². The number of hydrogen-bond donors (Lipinski definition) is 1. The van der Waals surface area contributed by atoms with Crippen LogP contribution in [0.5, 0.6) is 0 Å². The molecule has 3 amide bonds. The lowest BCUT2D eigenvalue weighted by atomic mass is 10.1. The van der Waals surface area contributed by atoms with E-state index in [-0.39, 0.29) is 24.1 Å². The highest BCUT2D eigenvalue weighted by atomic mass is 16.2. The van der Waals surface area contributed by atoms with E-state index in [1.165, 1.54) is 9.80 Å². The minimum absolute atomic E-state index is 0.0826. The van der Waals surface area contributed by atoms with Gasteiger partial charge in [0.2, 0.25) is 5.91 Å². The van der Waals surface area contributed by atoms with Gasteiger partial charge in [0, 0.05) is 31.9 Å². The first-order chi connectivity index (χ1) is 13.0. The molecule has 6 nitrogen and oxygen atoms in total. The first-order valence-electron chi connectivity index (χ1n) is 8.92. The molecule has 1 heterocycles. The molecule has 1 aliphatic rings. The number of anilines is 1. The minimum atomic E-state index is -0.566. The third kappa shape index (κ3) is 4.34. The summed E-state index contributed by atoms with van der Waals surface area (Å²) in [6, 6.07) is 16.1. The Kier molecular flexibility index (Phi) is 5.54. The Morgan fingerprint density at radius 2 is 1.74 bits per heavy atom. The van der Waals surface area contributed by atoms with Crippen LogP contribution < -0.4 is 5.32 Å². The summed E-state index contributed by atoms with van der Waals surface area (Å²) in [4.78, 5) is 39.6. The van der Waals surface area contributed by atoms with Crippen LogP contribution in [0.1, 0.15) is 22.3 Å². The van der Waals surface area contributed by atoms with Crippen LogP contribution in [0.25, 0.3) is 0 Å². The maximum absolute atomic E-state index is 12.6. The van der Waals surface area contributed by atoms with E-state index in [4.69, 9.17) is 0 Å². The van der Waals surface area contributed by atoms with Crippen LogP contribution in [0, 0.1) is 0 Å². The fraction of sp³-hybridized carbons (Fsp3) is 0.286. The number of imide groups is 1. The van der Waals surface area contributed by atoms with Crippen molar-refractivity contribution in [3.05, 3.63) is 65.7 Å². The van der Waals surface area contributed by atoms with Gasteiger partial charge in [-0.15, -0.1) is 0 Å². The van der Waals surface area contributed by atoms with Crippen LogP contribution in [-0.4, -0.2) is 54.2 Å². The van der Waals surface area contributed by atoms with E-state index in [0.717, 1.165) is 5.56 Å². The third-order valence-corrected chi connectivity index (χ3v) is 4.59. The number of benzene rings is 2. The van der Waals surface area contributed by atoms with Crippen LogP contribution in [0.4, 0.5) is 5.69 Å². The molecule has 1 aliphatic heterocycles. The lowest BCUT2D eigenvalue weighted by molar-refractivity contribution is -0.138. The average Bonchev–Trinajstić information content (AvgIpc) is 2.94. The molecule has 0 unspecified atom stereocenters. The van der Waals surface area contributed by atoms with Gasteiger partial charge in [-0.1, -0.05) is 30.3 Å². The van der Waals surface area contributed by atoms with Gasteiger partial charge < -0.3 is 10.2 Å². The second kappa shape index (κ2) is 8.03. The molecule has 0 saturated carbocycles. The first-order valence-corrected chi connectivity index (χ1v) is 8.92. The molecule has 140 valence electrons. The van der Waals surface area contributed by atoms with Gasteiger partial charge >= 0.3 is 0 Å². The maximum atomic E-state index is 12.6. The van der Waals surface area contributed by atoms with Gasteiger partial charge in [0.05, 0.1) is 6.42 Å². The summed E-state index contributed by atoms with van der Waals surface area (Å²) in [5.41, 5.74) is 2.38. The van der Waals surface area contributed by atoms with E-state index in [2.05, 4.69) is 5.32 Å². The van der Waals surface area contributed by atoms with Crippen molar-refractivity contribution in [3.8, 4) is 0 Å². The number of carbonyl (C=O) groups is 3. The summed E-state index contributed by atoms with van der Waals surface area (Å²) in [5, 5.41) is 3.11. The maximum Gasteiger partial charge on any atom is 0.253 e. The van der Waals surface area contributed by atoms with Gasteiger partial charge in [0.1, 0.15) is 6.04 Å². The predicted molar refractivity (Wildman–Crippen MR) is 103 cm³/mol. The van der Waals surface area contributed by atoms with Crippen LogP contribution in [0.3, 0.4) is 0 Å². The zero-order chi connectivity index (χ0) is 19.4. The fourth-order valence-electron chi connectivity index (χ4n) is 3.08. The second-order valence-corrected chi connectivity index (χ2v) is 6.80. The average molecular weight is 365 g/mol. The molecule has 0 aromatic heterocycles. The topological polar surface area (TPSA) is 69.7 Å². The molecule has 0 aliphatic carbocycles. The van der Waals surface area contributed by atoms with Crippen LogP contribution in [-0.2, 0) is 16.0 Å². The van der Waals surface area contributed by atoms with E-state index < -0.39 is 6.04 Å². The molecule has 27 heavy (non-hydrogen) atoms. The Hall–Kier alpha value is -3.15. The second-order valence-electron chi connectivity index (χ2n) is 6.80. The van der Waals surface area contributed by atoms with Gasteiger partial charge in [-0.05, 0) is 36.2 Å². The van der Waals surface area contributed by atoms with Crippen molar-refractivity contribution in [2.24, 2.45) is 0 Å². The molecule has 1 N–H and O–H groups in total. The fourth-order valence-corrected chi connectivity index (χ4v) is 3.08. The molecule has 3 rings (SSSR count). The molecule has 2 aromatic carbocycles. The summed E-state index contributed by atoms with van der Waals surface area (Å²) in [6.07, 6.45) is 0.790. The number of hydrogen-bond acceptors (Lipinski definition) is 4. The van der Waals surface area contributed by atoms with Crippen LogP contribution in [0.2, 0.25) is 0 Å². The molecule has 1 saturated heterocycles. The van der Waals surface area contributed by atoms with Crippen molar-refractivity contribution < 1.29 is 14.4 Å². The van der Waals surface area contributed by atoms with Gasteiger partial charge in [-0.3, -0.25) is 19.3 Å². The smallest absolute Gasteiger partial charge is 0.253 e. The molecular formula is C21H23N3O3. The summed E-state index contributed by atoms with van der Waals surface area (Å²) in [7, 11) is 3.39. The lowest BCUT2D eigenvalue weighted by Gasteiger charge is -2.16. The van der Waals surface area contributed by atoms with Gasteiger partial charge in [-0.2, -0.15) is 0 Å². The van der Waals surface area contributed by atoms with Gasteiger partial charge in [0.15, 0.2) is 0 Å². The molecule has 2 aromatic rings. The van der Waals surface area contributed by atoms with Crippen molar-refractivity contribution in [3.63, 3.8) is 0 Å². The predicted octanol–water partition coefficient (Wildman–Crippen LogP) is 2.17. The highest BCUT2D eigenvalue weighted by molar-refractivity contribution is 6.06. The van der Waals surface area contributed by atoms with E-state index in [1.54, 1.807) is 38.4 Å². The molecular weight excluding hydrogens is 342 g/mol. The SMILES string of the molecule is CN(C)C(=O)c1ccc(N[C@H]2CC(=O)N(CCc3ccccc3)C2=O)cc1. The number of carbonyl (C=O) groups excluding carboxylic acids is 3. The first kappa shape index (κ1) is 18.6. The summed E-state index contributed by atoms with van der Waals surface area (Å²) in [6.45, 7) is 0.385. The standard InChI is InChI=1S/C21H23N3O3/c1-23(2)20(26)16-8-10-17(11-9-16)22-18-14-19(25)24(21(18)27)13-12-15-6-4-3-5-7-15/h3-11,18,22H,12-14H2,1-2H3/t18-/m0/s1. The van der Waals surface area contributed by atoms with Crippen molar-refractivity contribution in [2.75, 3.05) is 26.0 Å². The third-order valence-electron chi connectivity index (χ3n) is 4.59. The van der Waals surface area contributed by atoms with E-state index in [9.17, 15) is 14.4 Å². The van der Waals surface area contributed by atoms with Crippen LogP contribution in [0.15, 0.2) is 54.6 Å². The Balaban J connectivity index is 1.60. The zero-order valence-electron chi connectivity index (χ0n) is 15.5. The molecule has 1 fully saturated rings. The summed E-state index contributed by atoms with van der Waals surface area (Å²) < 4.78 is 0. The Labute approximate surface area is 158 Å². The zero-order valence-corrected chi connectivity index (χ0v) is 15.5. The Morgan fingerprint density at radius 3 is 2.37 bits per heavy atom. The van der Waals surface area contributed by atoms with Crippen molar-refractivity contribution >= 4 is 23.4 Å². The monoisotopic (exact) mass is 365 g/mol. The van der Waals surface area contributed by atoms with Gasteiger partial charge in [0.25, 0.3) is 11.8 Å². The Morgan fingerprint density at radius 1 is 1.07 bits per heavy atom. The Bertz CT molecular complexity index is 832. The molecule has 0 spiro atoms. The highest BCUT2D eigenvalue weighted by Gasteiger charge is 2.38. The highest BCUT2D eigenvalue weighted by Crippen LogP contribution is 2.20. The largest absolute Gasteiger partial charge is 0.373 e. The molecule has 0 bridgehead atoms. The van der Waals surface area contributed by atoms with E-state index in [1.807, 2.05) is 30.3 Å². The van der Waals surface area contributed by atoms with E-state index >= 15 is 0 Å². The number of rotatable bonds is 6. The summed E-state index contributed by atoms with van der Waals surface area (Å²) in [5.74, 6) is -0.446. The van der Waals surface area contributed by atoms with Crippen molar-refractivity contribution in [1.29, 1.82) is 0 Å². The van der Waals surface area contributed by atoms with E-state index in [0.29, 0.717) is 24.2 Å². The lowest BCUT2D eigenvalue weighted by Crippen LogP contribution is -2.36. The quantitative estimate of drug-likeness (QED) is 0.797. The van der Waals surface area contributed by atoms with Gasteiger partial charge in [-0.25, -0.2) is 0 Å². The number of nitrogens with zero attached hydrogens (tertiary/aromatic N) is 2. The van der Waals surface area contributed by atoms with Crippen molar-refractivity contribution in [2.45, 2.75) is 18.9 Å². The molecule has 6 heteroatoms. The number of nitrogens with one attached hydrogen (secondary N) is 1. The normalized spacial score (nSPS) is 16.5. The number of likely N-dealkylation sites (tertiary alicyclic amines) is 1. The number of amides is 3.